The zero-order valence-electron chi connectivity index (χ0n) is 14.5. The van der Waals surface area contributed by atoms with Crippen LogP contribution in [-0.4, -0.2) is 35.7 Å². The number of fused-ring (bicyclic) bond motifs is 2. The van der Waals surface area contributed by atoms with E-state index in [-0.39, 0.29) is 12.6 Å². The third-order valence-electron chi connectivity index (χ3n) is 4.84. The van der Waals surface area contributed by atoms with E-state index in [1.54, 1.807) is 12.4 Å². The van der Waals surface area contributed by atoms with Crippen molar-refractivity contribution in [2.24, 2.45) is 5.92 Å². The Hall–Kier alpha value is -0.980. The topological polar surface area (TPSA) is 60.5 Å². The molecule has 1 saturated carbocycles. The largest absolute Gasteiger partial charge is 0.458 e. The molecule has 2 aliphatic rings. The molecule has 2 fully saturated rings. The van der Waals surface area contributed by atoms with Gasteiger partial charge in [0.25, 0.3) is 0 Å². The predicted octanol–water partition coefficient (Wildman–Crippen LogP) is 3.17. The van der Waals surface area contributed by atoms with E-state index >= 15 is 0 Å². The first kappa shape index (κ1) is 17.8. The summed E-state index contributed by atoms with van der Waals surface area (Å²) in [6.07, 6.45) is 6.58. The molecule has 1 aromatic rings. The summed E-state index contributed by atoms with van der Waals surface area (Å²) in [5.41, 5.74) is 0.101. The fourth-order valence-corrected chi connectivity index (χ4v) is 4.47. The highest BCUT2D eigenvalue weighted by Crippen LogP contribution is 2.49. The van der Waals surface area contributed by atoms with E-state index < -0.39 is 11.2 Å². The Kier molecular flexibility index (Phi) is 5.00. The van der Waals surface area contributed by atoms with Crippen LogP contribution in [0.2, 0.25) is 0 Å². The Bertz CT molecular complexity index is 617. The summed E-state index contributed by atoms with van der Waals surface area (Å²) in [6.45, 7) is 6.48. The highest BCUT2D eigenvalue weighted by Gasteiger charge is 2.50. The molecule has 1 N–H and O–H groups in total. The lowest BCUT2D eigenvalue weighted by atomic mass is 9.72. The maximum absolute atomic E-state index is 12.2. The van der Waals surface area contributed by atoms with Gasteiger partial charge in [-0.3, -0.25) is 4.98 Å². The molecule has 24 heavy (non-hydrogen) atoms. The van der Waals surface area contributed by atoms with E-state index in [9.17, 15) is 4.79 Å². The van der Waals surface area contributed by atoms with Gasteiger partial charge in [-0.1, -0.05) is 0 Å². The van der Waals surface area contributed by atoms with Crippen molar-refractivity contribution in [2.75, 3.05) is 13.2 Å². The minimum absolute atomic E-state index is 0.0345. The van der Waals surface area contributed by atoms with Crippen LogP contribution in [0.5, 0.6) is 0 Å². The molecule has 1 saturated heterocycles. The average Bonchev–Trinajstić information content (AvgIpc) is 2.90. The monoisotopic (exact) mass is 396 g/mol. The number of pyridine rings is 1. The Morgan fingerprint density at radius 1 is 1.50 bits per heavy atom. The molecule has 132 valence electrons. The lowest BCUT2D eigenvalue weighted by Gasteiger charge is -2.42. The van der Waals surface area contributed by atoms with Crippen molar-refractivity contribution in [3.8, 4) is 0 Å². The number of rotatable bonds is 4. The molecule has 5 nitrogen and oxygen atoms in total. The summed E-state index contributed by atoms with van der Waals surface area (Å²) in [5, 5.41) is 3.56. The summed E-state index contributed by atoms with van der Waals surface area (Å²) in [7, 11) is 0. The lowest BCUT2D eigenvalue weighted by molar-refractivity contribution is -0.174. The van der Waals surface area contributed by atoms with Crippen LogP contribution in [0, 0.1) is 5.92 Å². The zero-order valence-corrected chi connectivity index (χ0v) is 16.1. The Morgan fingerprint density at radius 3 is 3.00 bits per heavy atom. The third-order valence-corrected chi connectivity index (χ3v) is 5.47. The van der Waals surface area contributed by atoms with Gasteiger partial charge < -0.3 is 14.8 Å². The van der Waals surface area contributed by atoms with Crippen LogP contribution in [0.3, 0.4) is 0 Å². The molecule has 3 rings (SSSR count). The normalized spacial score (nSPS) is 29.5. The number of carbonyl (C=O) groups is 1. The molecular formula is C18H25BrN2O3. The van der Waals surface area contributed by atoms with Crippen molar-refractivity contribution in [2.45, 2.75) is 57.3 Å². The number of halogens is 1. The second-order valence-corrected chi connectivity index (χ2v) is 8.55. The number of hydrogen-bond acceptors (Lipinski definition) is 5. The molecule has 3 unspecified atom stereocenters. The Labute approximate surface area is 151 Å². The van der Waals surface area contributed by atoms with E-state index in [4.69, 9.17) is 9.47 Å². The fourth-order valence-electron chi connectivity index (χ4n) is 3.89. The summed E-state index contributed by atoms with van der Waals surface area (Å²) in [6, 6.07) is 2.56. The van der Waals surface area contributed by atoms with Crippen LogP contribution >= 0.6 is 15.9 Å². The maximum Gasteiger partial charge on any atom is 0.332 e. The molecule has 3 atom stereocenters. The van der Waals surface area contributed by atoms with Gasteiger partial charge in [0.05, 0.1) is 5.60 Å². The number of nitrogens with zero attached hydrogens (tertiary/aromatic N) is 1. The minimum atomic E-state index is -0.503. The highest BCUT2D eigenvalue weighted by molar-refractivity contribution is 9.10. The third kappa shape index (κ3) is 3.65. The van der Waals surface area contributed by atoms with Gasteiger partial charge in [-0.25, -0.2) is 4.79 Å². The second kappa shape index (κ2) is 6.73. The molecule has 0 spiro atoms. The van der Waals surface area contributed by atoms with Gasteiger partial charge in [0.15, 0.2) is 0 Å². The van der Waals surface area contributed by atoms with Gasteiger partial charge >= 0.3 is 5.97 Å². The van der Waals surface area contributed by atoms with Crippen LogP contribution in [0.25, 0.3) is 0 Å². The summed E-state index contributed by atoms with van der Waals surface area (Å²) in [5.74, 6) is 0.0255. The molecule has 0 radical (unpaired) electrons. The molecule has 6 heteroatoms. The van der Waals surface area contributed by atoms with Crippen molar-refractivity contribution in [3.05, 3.63) is 28.5 Å². The average molecular weight is 397 g/mol. The maximum atomic E-state index is 12.2. The van der Waals surface area contributed by atoms with Crippen molar-refractivity contribution in [1.29, 1.82) is 0 Å². The van der Waals surface area contributed by atoms with Crippen LogP contribution in [0.15, 0.2) is 22.9 Å². The van der Waals surface area contributed by atoms with Crippen LogP contribution in [0.1, 0.15) is 45.6 Å². The first-order valence-corrected chi connectivity index (χ1v) is 9.29. The molecule has 1 aliphatic heterocycles. The molecule has 0 amide bonds. The fraction of sp³-hybridized carbons (Fsp3) is 0.667. The van der Waals surface area contributed by atoms with Crippen molar-refractivity contribution < 1.29 is 14.3 Å². The summed E-state index contributed by atoms with van der Waals surface area (Å²) >= 11 is 3.61. The quantitative estimate of drug-likeness (QED) is 0.791. The second-order valence-electron chi connectivity index (χ2n) is 7.70. The van der Waals surface area contributed by atoms with E-state index in [1.807, 2.05) is 26.8 Å². The van der Waals surface area contributed by atoms with E-state index in [1.165, 1.54) is 0 Å². The van der Waals surface area contributed by atoms with Crippen LogP contribution in [-0.2, 0) is 19.9 Å². The van der Waals surface area contributed by atoms with Crippen LogP contribution in [0.4, 0.5) is 0 Å². The smallest absolute Gasteiger partial charge is 0.332 e. The SMILES string of the molecule is CC(C)(C)OC(=O)COC1(c2ccncc2Br)CCC2CC1CN2. The minimum Gasteiger partial charge on any atom is -0.458 e. The van der Waals surface area contributed by atoms with E-state index in [2.05, 4.69) is 26.2 Å². The molecule has 1 aliphatic carbocycles. The molecule has 2 bridgehead atoms. The number of aromatic nitrogens is 1. The van der Waals surface area contributed by atoms with Crippen molar-refractivity contribution >= 4 is 21.9 Å². The first-order chi connectivity index (χ1) is 11.3. The van der Waals surface area contributed by atoms with Crippen molar-refractivity contribution in [3.63, 3.8) is 0 Å². The van der Waals surface area contributed by atoms with Gasteiger partial charge in [-0.15, -0.1) is 0 Å². The highest BCUT2D eigenvalue weighted by atomic mass is 79.9. The number of esters is 1. The van der Waals surface area contributed by atoms with Crippen molar-refractivity contribution in [1.82, 2.24) is 10.3 Å². The van der Waals surface area contributed by atoms with E-state index in [0.29, 0.717) is 12.0 Å². The number of ether oxygens (including phenoxy) is 2. The van der Waals surface area contributed by atoms with E-state index in [0.717, 1.165) is 35.8 Å². The van der Waals surface area contributed by atoms with Gasteiger partial charge in [-0.05, 0) is 62.0 Å². The number of hydrogen-bond donors (Lipinski definition) is 1. The predicted molar refractivity (Wildman–Crippen MR) is 94.5 cm³/mol. The summed E-state index contributed by atoms with van der Waals surface area (Å²) in [4.78, 5) is 16.3. The molecule has 0 aromatic carbocycles. The van der Waals surface area contributed by atoms with Gasteiger partial charge in [-0.2, -0.15) is 0 Å². The van der Waals surface area contributed by atoms with Gasteiger partial charge in [0.2, 0.25) is 0 Å². The zero-order chi connectivity index (χ0) is 17.4. The summed E-state index contributed by atoms with van der Waals surface area (Å²) < 4.78 is 12.6. The van der Waals surface area contributed by atoms with Gasteiger partial charge in [0, 0.05) is 40.9 Å². The molecular weight excluding hydrogens is 372 g/mol. The Balaban J connectivity index is 1.84. The first-order valence-electron chi connectivity index (χ1n) is 8.49. The van der Waals surface area contributed by atoms with Crippen LogP contribution < -0.4 is 5.32 Å². The standard InChI is InChI=1S/C18H25BrN2O3/c1-17(2,3)24-16(22)11-23-18(14-5-7-20-10-15(14)19)6-4-13-8-12(18)9-21-13/h5,7,10,12-13,21H,4,6,8-9,11H2,1-3H3. The number of nitrogens with one attached hydrogen (secondary N) is 1. The lowest BCUT2D eigenvalue weighted by Crippen LogP contribution is -2.43. The van der Waals surface area contributed by atoms with Gasteiger partial charge in [0.1, 0.15) is 12.2 Å². The Morgan fingerprint density at radius 2 is 2.29 bits per heavy atom. The molecule has 1 aromatic heterocycles. The number of carbonyl (C=O) groups excluding carboxylic acids is 1. The molecule has 2 heterocycles.